The fraction of sp³-hybridized carbons (Fsp3) is 0.438. The second kappa shape index (κ2) is 6.53. The van der Waals surface area contributed by atoms with Gasteiger partial charge in [0.2, 0.25) is 0 Å². The van der Waals surface area contributed by atoms with Crippen molar-refractivity contribution in [2.24, 2.45) is 0 Å². The first kappa shape index (κ1) is 13.8. The van der Waals surface area contributed by atoms with Crippen molar-refractivity contribution in [2.45, 2.75) is 32.4 Å². The number of aryl methyl sites for hydroxylation is 1. The number of carbonyl (C=O) groups excluding carboxylic acids is 1. The molecule has 2 rings (SSSR count). The number of carbonyl (C=O) groups is 1. The van der Waals surface area contributed by atoms with Gasteiger partial charge < -0.3 is 4.74 Å². The van der Waals surface area contributed by atoms with Crippen molar-refractivity contribution in [2.75, 3.05) is 13.2 Å². The lowest BCUT2D eigenvalue weighted by Crippen LogP contribution is -2.33. The van der Waals surface area contributed by atoms with Gasteiger partial charge in [0.1, 0.15) is 6.61 Å². The van der Waals surface area contributed by atoms with Crippen LogP contribution in [0, 0.1) is 6.92 Å². The van der Waals surface area contributed by atoms with Crippen molar-refractivity contribution in [3.8, 4) is 0 Å². The van der Waals surface area contributed by atoms with E-state index in [1.807, 2.05) is 0 Å². The van der Waals surface area contributed by atoms with Gasteiger partial charge >= 0.3 is 5.97 Å². The molecular weight excluding hydrogens is 238 g/mol. The Morgan fingerprint density at radius 1 is 1.47 bits per heavy atom. The summed E-state index contributed by atoms with van der Waals surface area (Å²) in [5.74, 6) is -0.331. The van der Waals surface area contributed by atoms with Gasteiger partial charge in [0, 0.05) is 18.7 Å². The summed E-state index contributed by atoms with van der Waals surface area (Å²) < 4.78 is 5.16. The monoisotopic (exact) mass is 259 g/mol. The molecule has 3 nitrogen and oxygen atoms in total. The molecule has 3 heteroatoms. The van der Waals surface area contributed by atoms with E-state index in [1.165, 1.54) is 23.6 Å². The molecule has 0 saturated carbocycles. The van der Waals surface area contributed by atoms with E-state index >= 15 is 0 Å². The van der Waals surface area contributed by atoms with E-state index in [9.17, 15) is 4.79 Å². The lowest BCUT2D eigenvalue weighted by atomic mass is 10.1. The highest BCUT2D eigenvalue weighted by Gasteiger charge is 2.25. The second-order valence-corrected chi connectivity index (χ2v) is 5.09. The highest BCUT2D eigenvalue weighted by atomic mass is 16.5. The van der Waals surface area contributed by atoms with E-state index in [-0.39, 0.29) is 5.97 Å². The second-order valence-electron chi connectivity index (χ2n) is 5.09. The van der Waals surface area contributed by atoms with Crippen LogP contribution in [0.2, 0.25) is 0 Å². The zero-order valence-corrected chi connectivity index (χ0v) is 11.5. The molecule has 1 aromatic carbocycles. The Hall–Kier alpha value is -1.61. The van der Waals surface area contributed by atoms with Gasteiger partial charge in [-0.3, -0.25) is 4.90 Å². The summed E-state index contributed by atoms with van der Waals surface area (Å²) in [7, 11) is 0. The maximum Gasteiger partial charge on any atom is 0.330 e. The van der Waals surface area contributed by atoms with Crippen LogP contribution in [0.5, 0.6) is 0 Å². The maximum atomic E-state index is 11.1. The van der Waals surface area contributed by atoms with E-state index in [1.54, 1.807) is 0 Å². The van der Waals surface area contributed by atoms with Crippen LogP contribution in [0.3, 0.4) is 0 Å². The molecule has 0 aromatic heterocycles. The van der Waals surface area contributed by atoms with Gasteiger partial charge in [-0.05, 0) is 31.9 Å². The average molecular weight is 259 g/mol. The third-order valence-electron chi connectivity index (χ3n) is 3.59. The molecular formula is C16H21NO2. The number of hydrogen-bond donors (Lipinski definition) is 0. The fourth-order valence-electron chi connectivity index (χ4n) is 2.46. The largest absolute Gasteiger partial charge is 0.461 e. The Labute approximate surface area is 114 Å². The lowest BCUT2D eigenvalue weighted by Gasteiger charge is -2.24. The Balaban J connectivity index is 1.89. The standard InChI is InChI=1S/C16H21NO2/c1-3-16(18)19-12-15-5-4-10-17(15)11-14-8-6-13(2)7-9-14/h3,6-9,15H,1,4-5,10-12H2,2H3/t15-/m0/s1. The predicted octanol–water partition coefficient (Wildman–Crippen LogP) is 2.69. The molecule has 19 heavy (non-hydrogen) atoms. The van der Waals surface area contributed by atoms with E-state index in [0.717, 1.165) is 19.5 Å². The first-order valence-electron chi connectivity index (χ1n) is 6.78. The summed E-state index contributed by atoms with van der Waals surface area (Å²) in [4.78, 5) is 13.5. The minimum absolute atomic E-state index is 0.331. The third kappa shape index (κ3) is 3.93. The molecule has 1 aliphatic rings. The Morgan fingerprint density at radius 2 is 2.21 bits per heavy atom. The van der Waals surface area contributed by atoms with Crippen LogP contribution in [0.25, 0.3) is 0 Å². The predicted molar refractivity (Wildman–Crippen MR) is 75.8 cm³/mol. The average Bonchev–Trinajstić information content (AvgIpc) is 2.86. The molecule has 1 fully saturated rings. The van der Waals surface area contributed by atoms with Crippen LogP contribution in [0.1, 0.15) is 24.0 Å². The molecule has 1 heterocycles. The topological polar surface area (TPSA) is 29.5 Å². The van der Waals surface area contributed by atoms with Crippen LogP contribution in [-0.2, 0) is 16.1 Å². The Bertz CT molecular complexity index is 439. The van der Waals surface area contributed by atoms with Gasteiger partial charge in [-0.2, -0.15) is 0 Å². The van der Waals surface area contributed by atoms with Crippen molar-refractivity contribution in [1.29, 1.82) is 0 Å². The molecule has 1 atom stereocenters. The molecule has 1 saturated heterocycles. The number of nitrogens with zero attached hydrogens (tertiary/aromatic N) is 1. The van der Waals surface area contributed by atoms with Gasteiger partial charge in [0.05, 0.1) is 0 Å². The van der Waals surface area contributed by atoms with E-state index in [0.29, 0.717) is 12.6 Å². The molecule has 1 aromatic rings. The van der Waals surface area contributed by atoms with Crippen LogP contribution < -0.4 is 0 Å². The van der Waals surface area contributed by atoms with Crippen molar-refractivity contribution in [1.82, 2.24) is 4.90 Å². The van der Waals surface area contributed by atoms with E-state index < -0.39 is 0 Å². The summed E-state index contributed by atoms with van der Waals surface area (Å²) in [5.41, 5.74) is 2.59. The van der Waals surface area contributed by atoms with Crippen molar-refractivity contribution in [3.05, 3.63) is 48.0 Å². The Kier molecular flexibility index (Phi) is 4.74. The van der Waals surface area contributed by atoms with Gasteiger partial charge in [-0.15, -0.1) is 0 Å². The molecule has 0 spiro atoms. The first-order valence-corrected chi connectivity index (χ1v) is 6.78. The highest BCUT2D eigenvalue weighted by molar-refractivity contribution is 5.81. The van der Waals surface area contributed by atoms with Crippen LogP contribution in [0.4, 0.5) is 0 Å². The van der Waals surface area contributed by atoms with Crippen LogP contribution in [-0.4, -0.2) is 30.1 Å². The molecule has 0 N–H and O–H groups in total. The number of benzene rings is 1. The molecule has 0 unspecified atom stereocenters. The summed E-state index contributed by atoms with van der Waals surface area (Å²) in [5, 5.41) is 0. The Morgan fingerprint density at radius 3 is 2.89 bits per heavy atom. The maximum absolute atomic E-state index is 11.1. The summed E-state index contributed by atoms with van der Waals surface area (Å²) in [6, 6.07) is 8.95. The summed E-state index contributed by atoms with van der Waals surface area (Å²) in [6.45, 7) is 7.98. The van der Waals surface area contributed by atoms with Gasteiger partial charge in [-0.25, -0.2) is 4.79 Å². The molecule has 1 aliphatic heterocycles. The quantitative estimate of drug-likeness (QED) is 0.601. The zero-order chi connectivity index (χ0) is 13.7. The number of esters is 1. The van der Waals surface area contributed by atoms with Gasteiger partial charge in [-0.1, -0.05) is 36.4 Å². The molecule has 0 bridgehead atoms. The number of hydrogen-bond acceptors (Lipinski definition) is 3. The molecule has 0 amide bonds. The molecule has 102 valence electrons. The lowest BCUT2D eigenvalue weighted by molar-refractivity contribution is -0.139. The number of likely N-dealkylation sites (tertiary alicyclic amines) is 1. The van der Waals surface area contributed by atoms with Gasteiger partial charge in [0.25, 0.3) is 0 Å². The van der Waals surface area contributed by atoms with Crippen molar-refractivity contribution >= 4 is 5.97 Å². The van der Waals surface area contributed by atoms with Crippen LogP contribution >= 0.6 is 0 Å². The van der Waals surface area contributed by atoms with Gasteiger partial charge in [0.15, 0.2) is 0 Å². The zero-order valence-electron chi connectivity index (χ0n) is 11.5. The third-order valence-corrected chi connectivity index (χ3v) is 3.59. The molecule has 0 aliphatic carbocycles. The normalized spacial score (nSPS) is 19.3. The smallest absolute Gasteiger partial charge is 0.330 e. The first-order chi connectivity index (χ1) is 9.19. The minimum atomic E-state index is -0.331. The summed E-state index contributed by atoms with van der Waals surface area (Å²) >= 11 is 0. The SMILES string of the molecule is C=CC(=O)OC[C@@H]1CCCN1Cc1ccc(C)cc1. The molecule has 0 radical (unpaired) electrons. The fourth-order valence-corrected chi connectivity index (χ4v) is 2.46. The minimum Gasteiger partial charge on any atom is -0.461 e. The van der Waals surface area contributed by atoms with Crippen LogP contribution in [0.15, 0.2) is 36.9 Å². The number of rotatable bonds is 5. The van der Waals surface area contributed by atoms with Crippen molar-refractivity contribution < 1.29 is 9.53 Å². The number of ether oxygens (including phenoxy) is 1. The highest BCUT2D eigenvalue weighted by Crippen LogP contribution is 2.20. The summed E-state index contributed by atoms with van der Waals surface area (Å²) in [6.07, 6.45) is 3.48. The van der Waals surface area contributed by atoms with E-state index in [2.05, 4.69) is 42.7 Å². The van der Waals surface area contributed by atoms with Crippen molar-refractivity contribution in [3.63, 3.8) is 0 Å². The van der Waals surface area contributed by atoms with E-state index in [4.69, 9.17) is 4.74 Å².